The van der Waals surface area contributed by atoms with Gasteiger partial charge < -0.3 is 5.11 Å². The SMILES string of the molecule is CC1(c2n[nH]c(CC(=O)O)n2)CCSC1. The third kappa shape index (κ3) is 2.14. The molecule has 1 aromatic heterocycles. The molecule has 2 heterocycles. The van der Waals surface area contributed by atoms with Gasteiger partial charge in [-0.25, -0.2) is 4.98 Å². The van der Waals surface area contributed by atoms with Crippen LogP contribution in [0.15, 0.2) is 0 Å². The van der Waals surface area contributed by atoms with Crippen LogP contribution in [-0.4, -0.2) is 37.8 Å². The van der Waals surface area contributed by atoms with E-state index in [0.717, 1.165) is 23.8 Å². The lowest BCUT2D eigenvalue weighted by Crippen LogP contribution is -2.22. The molecule has 1 fully saturated rings. The van der Waals surface area contributed by atoms with E-state index in [4.69, 9.17) is 5.11 Å². The molecule has 1 unspecified atom stereocenters. The summed E-state index contributed by atoms with van der Waals surface area (Å²) in [7, 11) is 0. The minimum atomic E-state index is -0.886. The van der Waals surface area contributed by atoms with Crippen LogP contribution in [-0.2, 0) is 16.6 Å². The number of carboxylic acids is 1. The van der Waals surface area contributed by atoms with Crippen LogP contribution in [0.3, 0.4) is 0 Å². The van der Waals surface area contributed by atoms with Crippen molar-refractivity contribution in [1.29, 1.82) is 0 Å². The Kier molecular flexibility index (Phi) is 2.68. The fourth-order valence-electron chi connectivity index (χ4n) is 1.63. The highest BCUT2D eigenvalue weighted by atomic mass is 32.2. The van der Waals surface area contributed by atoms with Crippen molar-refractivity contribution in [2.24, 2.45) is 0 Å². The number of aliphatic carboxylic acids is 1. The molecule has 1 aliphatic heterocycles. The Hall–Kier alpha value is -1.04. The van der Waals surface area contributed by atoms with Crippen LogP contribution < -0.4 is 0 Å². The fraction of sp³-hybridized carbons (Fsp3) is 0.667. The number of aromatic amines is 1. The molecule has 1 saturated heterocycles. The molecule has 6 heteroatoms. The summed E-state index contributed by atoms with van der Waals surface area (Å²) in [6.07, 6.45) is 0.970. The number of hydrogen-bond acceptors (Lipinski definition) is 4. The van der Waals surface area contributed by atoms with E-state index in [0.29, 0.717) is 5.82 Å². The lowest BCUT2D eigenvalue weighted by molar-refractivity contribution is -0.136. The van der Waals surface area contributed by atoms with Gasteiger partial charge in [-0.05, 0) is 12.2 Å². The molecule has 0 bridgehead atoms. The Morgan fingerprint density at radius 1 is 1.73 bits per heavy atom. The van der Waals surface area contributed by atoms with Gasteiger partial charge in [-0.2, -0.15) is 16.9 Å². The second-order valence-corrected chi connectivity index (χ2v) is 5.14. The Morgan fingerprint density at radius 2 is 2.53 bits per heavy atom. The molecule has 1 aliphatic rings. The Morgan fingerprint density at radius 3 is 3.13 bits per heavy atom. The first-order chi connectivity index (χ1) is 7.10. The summed E-state index contributed by atoms with van der Waals surface area (Å²) in [6, 6.07) is 0. The number of aromatic nitrogens is 3. The maximum Gasteiger partial charge on any atom is 0.311 e. The summed E-state index contributed by atoms with van der Waals surface area (Å²) in [6.45, 7) is 2.13. The van der Waals surface area contributed by atoms with E-state index in [9.17, 15) is 4.79 Å². The standard InChI is InChI=1S/C9H13N3O2S/c1-9(2-3-15-5-9)8-10-6(11-12-8)4-7(13)14/h2-5H2,1H3,(H,13,14)(H,10,11,12). The average molecular weight is 227 g/mol. The topological polar surface area (TPSA) is 78.9 Å². The first kappa shape index (κ1) is 10.5. The van der Waals surface area contributed by atoms with Crippen LogP contribution >= 0.6 is 11.8 Å². The fourth-order valence-corrected chi connectivity index (χ4v) is 3.09. The Bertz CT molecular complexity index is 371. The Labute approximate surface area is 91.7 Å². The molecule has 82 valence electrons. The largest absolute Gasteiger partial charge is 0.481 e. The van der Waals surface area contributed by atoms with E-state index in [-0.39, 0.29) is 11.8 Å². The van der Waals surface area contributed by atoms with E-state index in [2.05, 4.69) is 22.1 Å². The molecule has 0 saturated carbocycles. The average Bonchev–Trinajstić information content (AvgIpc) is 2.74. The summed E-state index contributed by atoms with van der Waals surface area (Å²) >= 11 is 1.89. The Balaban J connectivity index is 2.15. The number of nitrogens with zero attached hydrogens (tertiary/aromatic N) is 2. The van der Waals surface area contributed by atoms with Crippen LogP contribution in [0.4, 0.5) is 0 Å². The van der Waals surface area contributed by atoms with Crippen LogP contribution in [0.2, 0.25) is 0 Å². The van der Waals surface area contributed by atoms with E-state index >= 15 is 0 Å². The first-order valence-corrected chi connectivity index (χ1v) is 5.97. The number of rotatable bonds is 3. The van der Waals surface area contributed by atoms with Crippen LogP contribution in [0, 0.1) is 0 Å². The van der Waals surface area contributed by atoms with Gasteiger partial charge in [-0.3, -0.25) is 9.89 Å². The van der Waals surface area contributed by atoms with Crippen molar-refractivity contribution in [3.05, 3.63) is 11.6 Å². The molecule has 0 spiro atoms. The van der Waals surface area contributed by atoms with Gasteiger partial charge in [0, 0.05) is 11.2 Å². The zero-order valence-electron chi connectivity index (χ0n) is 8.49. The van der Waals surface area contributed by atoms with Gasteiger partial charge in [-0.1, -0.05) is 6.92 Å². The van der Waals surface area contributed by atoms with Crippen molar-refractivity contribution in [3.8, 4) is 0 Å². The van der Waals surface area contributed by atoms with Crippen molar-refractivity contribution < 1.29 is 9.90 Å². The molecular formula is C9H13N3O2S. The maximum absolute atomic E-state index is 10.5. The summed E-state index contributed by atoms with van der Waals surface area (Å²) < 4.78 is 0. The van der Waals surface area contributed by atoms with Crippen LogP contribution in [0.25, 0.3) is 0 Å². The molecule has 0 radical (unpaired) electrons. The van der Waals surface area contributed by atoms with Crippen molar-refractivity contribution in [3.63, 3.8) is 0 Å². The lowest BCUT2D eigenvalue weighted by Gasteiger charge is -2.17. The van der Waals surface area contributed by atoms with Gasteiger partial charge in [0.25, 0.3) is 0 Å². The zero-order valence-corrected chi connectivity index (χ0v) is 9.30. The van der Waals surface area contributed by atoms with Crippen LogP contribution in [0.5, 0.6) is 0 Å². The van der Waals surface area contributed by atoms with E-state index in [1.165, 1.54) is 0 Å². The van der Waals surface area contributed by atoms with Crippen molar-refractivity contribution in [2.75, 3.05) is 11.5 Å². The first-order valence-electron chi connectivity index (χ1n) is 4.81. The second kappa shape index (κ2) is 3.84. The van der Waals surface area contributed by atoms with Gasteiger partial charge >= 0.3 is 5.97 Å². The van der Waals surface area contributed by atoms with Gasteiger partial charge in [-0.15, -0.1) is 0 Å². The third-order valence-electron chi connectivity index (χ3n) is 2.61. The summed E-state index contributed by atoms with van der Waals surface area (Å²) in [4.78, 5) is 14.7. The number of hydrogen-bond donors (Lipinski definition) is 2. The molecule has 0 aromatic carbocycles. The van der Waals surface area contributed by atoms with E-state index in [1.807, 2.05) is 11.8 Å². The number of nitrogens with one attached hydrogen (secondary N) is 1. The van der Waals surface area contributed by atoms with Crippen molar-refractivity contribution in [2.45, 2.75) is 25.2 Å². The third-order valence-corrected chi connectivity index (χ3v) is 3.94. The predicted octanol–water partition coefficient (Wildman–Crippen LogP) is 0.826. The molecule has 1 aromatic rings. The highest BCUT2D eigenvalue weighted by Gasteiger charge is 2.35. The number of H-pyrrole nitrogens is 1. The number of carbonyl (C=O) groups is 1. The lowest BCUT2D eigenvalue weighted by atomic mass is 9.89. The monoisotopic (exact) mass is 227 g/mol. The number of thioether (sulfide) groups is 1. The predicted molar refractivity (Wildman–Crippen MR) is 57.0 cm³/mol. The molecule has 5 nitrogen and oxygen atoms in total. The second-order valence-electron chi connectivity index (χ2n) is 4.04. The summed E-state index contributed by atoms with van der Waals surface area (Å²) in [5.74, 6) is 2.44. The van der Waals surface area contributed by atoms with Crippen LogP contribution in [0.1, 0.15) is 25.0 Å². The number of carboxylic acid groups (broad SMARTS) is 1. The van der Waals surface area contributed by atoms with Gasteiger partial charge in [0.1, 0.15) is 12.2 Å². The van der Waals surface area contributed by atoms with Gasteiger partial charge in [0.15, 0.2) is 5.82 Å². The highest BCUT2D eigenvalue weighted by Crippen LogP contribution is 2.36. The molecular weight excluding hydrogens is 214 g/mol. The van der Waals surface area contributed by atoms with E-state index in [1.54, 1.807) is 0 Å². The quantitative estimate of drug-likeness (QED) is 0.799. The highest BCUT2D eigenvalue weighted by molar-refractivity contribution is 7.99. The molecule has 1 atom stereocenters. The van der Waals surface area contributed by atoms with Gasteiger partial charge in [0.2, 0.25) is 0 Å². The van der Waals surface area contributed by atoms with Crippen molar-refractivity contribution in [1.82, 2.24) is 15.2 Å². The molecule has 15 heavy (non-hydrogen) atoms. The van der Waals surface area contributed by atoms with E-state index < -0.39 is 5.97 Å². The zero-order chi connectivity index (χ0) is 10.9. The van der Waals surface area contributed by atoms with Crippen molar-refractivity contribution >= 4 is 17.7 Å². The summed E-state index contributed by atoms with van der Waals surface area (Å²) in [5, 5.41) is 15.4. The molecule has 0 amide bonds. The minimum absolute atomic E-state index is 0.0118. The van der Waals surface area contributed by atoms with Gasteiger partial charge in [0.05, 0.1) is 0 Å². The molecule has 2 rings (SSSR count). The summed E-state index contributed by atoms with van der Waals surface area (Å²) in [5.41, 5.74) is 0.0118. The normalized spacial score (nSPS) is 25.7. The molecule has 0 aliphatic carbocycles. The smallest absolute Gasteiger partial charge is 0.311 e. The molecule has 2 N–H and O–H groups in total. The minimum Gasteiger partial charge on any atom is -0.481 e. The maximum atomic E-state index is 10.5.